The van der Waals surface area contributed by atoms with Crippen LogP contribution >= 0.6 is 0 Å². The van der Waals surface area contributed by atoms with Crippen LogP contribution < -0.4 is 34.7 Å². The largest absolute Gasteiger partial charge is 1.00 e. The zero-order valence-electron chi connectivity index (χ0n) is 17.0. The van der Waals surface area contributed by atoms with Crippen LogP contribution in [-0.4, -0.2) is 18.1 Å². The van der Waals surface area contributed by atoms with Crippen LogP contribution in [0.15, 0.2) is 79.9 Å². The molecule has 11 heteroatoms. The summed E-state index contributed by atoms with van der Waals surface area (Å²) in [5.41, 5.74) is 2.47. The molecule has 0 aliphatic rings. The molecule has 0 bridgehead atoms. The monoisotopic (exact) mass is 448 g/mol. The molecular formula is C20H17N4NaO5S. The summed E-state index contributed by atoms with van der Waals surface area (Å²) >= 11 is 0. The van der Waals surface area contributed by atoms with Crippen LogP contribution in [0, 0.1) is 13.8 Å². The minimum atomic E-state index is -4.31. The maximum atomic E-state index is 12.1. The minimum Gasteiger partial charge on any atom is -0.871 e. The zero-order valence-corrected chi connectivity index (χ0v) is 19.8. The zero-order chi connectivity index (χ0) is 21.9. The average Bonchev–Trinajstić information content (AvgIpc) is 2.70. The molecule has 0 amide bonds. The van der Waals surface area contributed by atoms with Gasteiger partial charge in [-0.25, -0.2) is 0 Å². The number of rotatable bonds is 5. The molecule has 0 radical (unpaired) electrons. The van der Waals surface area contributed by atoms with E-state index < -0.39 is 21.6 Å². The first kappa shape index (κ1) is 24.6. The quantitative estimate of drug-likeness (QED) is 0.349. The number of hydrogen-bond acceptors (Lipinski definition) is 8. The number of benzene rings is 3. The van der Waals surface area contributed by atoms with Crippen molar-refractivity contribution in [3.05, 3.63) is 65.7 Å². The maximum Gasteiger partial charge on any atom is 1.00 e. The molecule has 0 heterocycles. The van der Waals surface area contributed by atoms with Gasteiger partial charge in [0.1, 0.15) is 11.4 Å². The van der Waals surface area contributed by atoms with Crippen LogP contribution in [-0.2, 0) is 10.1 Å². The molecule has 154 valence electrons. The van der Waals surface area contributed by atoms with Gasteiger partial charge in [0.05, 0.1) is 16.3 Å². The molecule has 0 saturated heterocycles. The molecule has 0 saturated carbocycles. The van der Waals surface area contributed by atoms with Crippen molar-refractivity contribution >= 4 is 32.9 Å². The number of aromatic hydroxyl groups is 1. The number of phenolic OH excluding ortho intramolecular Hbond substituents is 1. The summed E-state index contributed by atoms with van der Waals surface area (Å²) in [6.07, 6.45) is 0. The van der Waals surface area contributed by atoms with E-state index in [0.29, 0.717) is 5.69 Å². The molecule has 3 aromatic rings. The van der Waals surface area contributed by atoms with E-state index in [1.54, 1.807) is 6.07 Å². The number of aryl methyl sites for hydroxylation is 1. The van der Waals surface area contributed by atoms with Gasteiger partial charge in [-0.3, -0.25) is 4.55 Å². The third-order valence-corrected chi connectivity index (χ3v) is 5.20. The van der Waals surface area contributed by atoms with E-state index in [4.69, 9.17) is 4.55 Å². The van der Waals surface area contributed by atoms with Crippen LogP contribution in [0.3, 0.4) is 0 Å². The Hall–Kier alpha value is -2.63. The number of azo groups is 2. The van der Waals surface area contributed by atoms with E-state index in [0.717, 1.165) is 23.3 Å². The van der Waals surface area contributed by atoms with E-state index in [1.807, 2.05) is 26.0 Å². The topological polar surface area (TPSA) is 147 Å². The Morgan fingerprint density at radius 3 is 2.13 bits per heavy atom. The minimum absolute atomic E-state index is 0. The van der Waals surface area contributed by atoms with Gasteiger partial charge >= 0.3 is 29.6 Å². The molecule has 0 spiro atoms. The van der Waals surface area contributed by atoms with Crippen LogP contribution in [0.2, 0.25) is 0 Å². The normalized spacial score (nSPS) is 11.7. The van der Waals surface area contributed by atoms with Gasteiger partial charge in [-0.2, -0.15) is 18.6 Å². The van der Waals surface area contributed by atoms with Gasteiger partial charge in [-0.1, -0.05) is 23.9 Å². The second kappa shape index (κ2) is 10.1. The molecule has 3 rings (SSSR count). The molecule has 3 aromatic carbocycles. The first-order chi connectivity index (χ1) is 14.2. The van der Waals surface area contributed by atoms with Gasteiger partial charge in [0.25, 0.3) is 10.1 Å². The first-order valence-electron chi connectivity index (χ1n) is 8.67. The summed E-state index contributed by atoms with van der Waals surface area (Å²) in [5.74, 6) is -1.01. The van der Waals surface area contributed by atoms with Crippen LogP contribution in [0.25, 0.3) is 0 Å². The van der Waals surface area contributed by atoms with Gasteiger partial charge in [-0.05, 0) is 61.4 Å². The predicted molar refractivity (Wildman–Crippen MR) is 108 cm³/mol. The number of phenols is 1. The van der Waals surface area contributed by atoms with Crippen molar-refractivity contribution in [2.24, 2.45) is 20.5 Å². The second-order valence-electron chi connectivity index (χ2n) is 6.37. The van der Waals surface area contributed by atoms with Crippen molar-refractivity contribution in [2.45, 2.75) is 18.7 Å². The average molecular weight is 448 g/mol. The Kier molecular flexibility index (Phi) is 8.04. The van der Waals surface area contributed by atoms with E-state index in [-0.39, 0.29) is 51.5 Å². The van der Waals surface area contributed by atoms with Gasteiger partial charge in [0.2, 0.25) is 0 Å². The Balaban J connectivity index is 0.00000341. The van der Waals surface area contributed by atoms with E-state index >= 15 is 0 Å². The third-order valence-electron chi connectivity index (χ3n) is 4.33. The smallest absolute Gasteiger partial charge is 0.871 e. The predicted octanol–water partition coefficient (Wildman–Crippen LogP) is 2.16. The fourth-order valence-electron chi connectivity index (χ4n) is 2.47. The third kappa shape index (κ3) is 5.96. The summed E-state index contributed by atoms with van der Waals surface area (Å²) in [5, 5.41) is 38.2. The second-order valence-corrected chi connectivity index (χ2v) is 7.79. The molecule has 0 aliphatic heterocycles. The summed E-state index contributed by atoms with van der Waals surface area (Å²) in [6, 6.07) is 12.9. The Bertz CT molecular complexity index is 1260. The van der Waals surface area contributed by atoms with Gasteiger partial charge < -0.3 is 10.2 Å². The van der Waals surface area contributed by atoms with Crippen molar-refractivity contribution in [2.75, 3.05) is 0 Å². The molecule has 0 aliphatic carbocycles. The van der Waals surface area contributed by atoms with Crippen LogP contribution in [0.5, 0.6) is 11.5 Å². The Labute approximate surface area is 201 Å². The van der Waals surface area contributed by atoms with E-state index in [9.17, 15) is 18.6 Å². The molecule has 2 N–H and O–H groups in total. The molecule has 0 fully saturated rings. The van der Waals surface area contributed by atoms with Crippen molar-refractivity contribution in [1.82, 2.24) is 0 Å². The first-order valence-corrected chi connectivity index (χ1v) is 10.1. The van der Waals surface area contributed by atoms with Crippen molar-refractivity contribution in [3.8, 4) is 11.5 Å². The maximum absolute atomic E-state index is 12.1. The molecule has 9 nitrogen and oxygen atoms in total. The van der Waals surface area contributed by atoms with Gasteiger partial charge in [0.15, 0.2) is 5.75 Å². The molecule has 0 atom stereocenters. The molecular weight excluding hydrogens is 431 g/mol. The number of nitrogens with zero attached hydrogens (tertiary/aromatic N) is 4. The van der Waals surface area contributed by atoms with Crippen molar-refractivity contribution in [1.29, 1.82) is 0 Å². The Morgan fingerprint density at radius 1 is 0.839 bits per heavy atom. The van der Waals surface area contributed by atoms with E-state index in [2.05, 4.69) is 20.5 Å². The molecule has 31 heavy (non-hydrogen) atoms. The summed E-state index contributed by atoms with van der Waals surface area (Å²) in [7, 11) is -4.31. The van der Waals surface area contributed by atoms with Gasteiger partial charge in [-0.15, -0.1) is 10.2 Å². The van der Waals surface area contributed by atoms with Gasteiger partial charge in [0, 0.05) is 0 Å². The summed E-state index contributed by atoms with van der Waals surface area (Å²) < 4.78 is 31.1. The fraction of sp³-hybridized carbons (Fsp3) is 0.100. The molecule has 0 unspecified atom stereocenters. The van der Waals surface area contributed by atoms with Crippen LogP contribution in [0.4, 0.5) is 22.7 Å². The summed E-state index contributed by atoms with van der Waals surface area (Å²) in [6.45, 7) is 3.80. The van der Waals surface area contributed by atoms with Crippen molar-refractivity contribution in [3.63, 3.8) is 0 Å². The van der Waals surface area contributed by atoms with E-state index in [1.165, 1.54) is 24.3 Å². The standard InChI is InChI=1S/C20H18N4O5S.Na/c1-12-4-3-5-16(13(12)2)22-24-19-18(25)11-10-17(20(19)26)23-21-14-6-8-15(9-7-14)30(27,28)29;/h3-11,25-26H,1-2H3,(H,27,28,29);/q;+1/p-1. The fourth-order valence-corrected chi connectivity index (χ4v) is 2.95. The van der Waals surface area contributed by atoms with Crippen molar-refractivity contribution < 1.29 is 52.7 Å². The van der Waals surface area contributed by atoms with Crippen LogP contribution in [0.1, 0.15) is 11.1 Å². The molecule has 0 aromatic heterocycles. The summed E-state index contributed by atoms with van der Waals surface area (Å²) in [4.78, 5) is -0.283. The Morgan fingerprint density at radius 2 is 1.48 bits per heavy atom. The SMILES string of the molecule is Cc1cccc(N=Nc2c([O-])ccc(N=Nc3ccc(S(=O)(=O)O)cc3)c2O)c1C.[Na+]. The number of hydrogen-bond donors (Lipinski definition) is 2.